The molecular formula is C22H22N4O2S. The molecule has 1 saturated heterocycles. The van der Waals surface area contributed by atoms with Crippen molar-refractivity contribution in [2.45, 2.75) is 32.6 Å². The highest BCUT2D eigenvalue weighted by Crippen LogP contribution is 2.35. The van der Waals surface area contributed by atoms with Crippen molar-refractivity contribution in [1.82, 2.24) is 10.2 Å². The van der Waals surface area contributed by atoms with Gasteiger partial charge in [0.05, 0.1) is 0 Å². The standard InChI is InChI=1S/C22H22N4O2S/c1-3-15-6-4-5-7-18(15)26-13-17(12-19(26)27)21-24-25-22(29-21)23-20(28)16-10-8-14(2)9-11-16/h4-11,17H,3,12-13H2,1-2H3,(H,23,25,28). The highest BCUT2D eigenvalue weighted by Gasteiger charge is 2.34. The molecular weight excluding hydrogens is 384 g/mol. The van der Waals surface area contributed by atoms with Crippen LogP contribution in [0, 0.1) is 6.92 Å². The van der Waals surface area contributed by atoms with E-state index in [2.05, 4.69) is 28.5 Å². The Morgan fingerprint density at radius 2 is 1.93 bits per heavy atom. The van der Waals surface area contributed by atoms with Crippen LogP contribution in [-0.4, -0.2) is 28.6 Å². The summed E-state index contributed by atoms with van der Waals surface area (Å²) in [6.07, 6.45) is 1.28. The molecule has 0 saturated carbocycles. The summed E-state index contributed by atoms with van der Waals surface area (Å²) in [5, 5.41) is 12.4. The zero-order valence-corrected chi connectivity index (χ0v) is 17.2. The lowest BCUT2D eigenvalue weighted by Crippen LogP contribution is -2.25. The van der Waals surface area contributed by atoms with E-state index in [1.54, 1.807) is 12.1 Å². The van der Waals surface area contributed by atoms with Gasteiger partial charge in [-0.25, -0.2) is 0 Å². The number of carbonyl (C=O) groups is 2. The summed E-state index contributed by atoms with van der Waals surface area (Å²) < 4.78 is 0. The Morgan fingerprint density at radius 3 is 2.69 bits per heavy atom. The highest BCUT2D eigenvalue weighted by molar-refractivity contribution is 7.15. The Morgan fingerprint density at radius 1 is 1.17 bits per heavy atom. The molecule has 6 nitrogen and oxygen atoms in total. The second-order valence-electron chi connectivity index (χ2n) is 7.15. The maximum absolute atomic E-state index is 12.6. The average molecular weight is 407 g/mol. The van der Waals surface area contributed by atoms with Crippen molar-refractivity contribution in [3.8, 4) is 0 Å². The summed E-state index contributed by atoms with van der Waals surface area (Å²) in [6, 6.07) is 15.4. The van der Waals surface area contributed by atoms with E-state index in [1.807, 2.05) is 42.2 Å². The van der Waals surface area contributed by atoms with Crippen molar-refractivity contribution < 1.29 is 9.59 Å². The number of benzene rings is 2. The van der Waals surface area contributed by atoms with Crippen LogP contribution in [0.3, 0.4) is 0 Å². The molecule has 29 heavy (non-hydrogen) atoms. The number of aromatic nitrogens is 2. The first kappa shape index (κ1) is 19.3. The van der Waals surface area contributed by atoms with Crippen molar-refractivity contribution in [3.63, 3.8) is 0 Å². The van der Waals surface area contributed by atoms with Gasteiger partial charge in [-0.05, 0) is 37.1 Å². The molecule has 4 rings (SSSR count). The van der Waals surface area contributed by atoms with Gasteiger partial charge in [-0.3, -0.25) is 14.9 Å². The predicted octanol–water partition coefficient (Wildman–Crippen LogP) is 4.18. The molecule has 1 aliphatic rings. The van der Waals surface area contributed by atoms with E-state index in [9.17, 15) is 9.59 Å². The third-order valence-corrected chi connectivity index (χ3v) is 6.11. The lowest BCUT2D eigenvalue weighted by Gasteiger charge is -2.19. The number of amides is 2. The zero-order chi connectivity index (χ0) is 20.4. The van der Waals surface area contributed by atoms with Crippen molar-refractivity contribution in [2.24, 2.45) is 0 Å². The first-order valence-corrected chi connectivity index (χ1v) is 10.5. The summed E-state index contributed by atoms with van der Waals surface area (Å²) in [4.78, 5) is 26.9. The van der Waals surface area contributed by atoms with E-state index in [1.165, 1.54) is 11.3 Å². The van der Waals surface area contributed by atoms with E-state index >= 15 is 0 Å². The first-order valence-electron chi connectivity index (χ1n) is 9.65. The van der Waals surface area contributed by atoms with Crippen LogP contribution in [-0.2, 0) is 11.2 Å². The molecule has 0 aliphatic carbocycles. The molecule has 148 valence electrons. The lowest BCUT2D eigenvalue weighted by atomic mass is 10.1. The van der Waals surface area contributed by atoms with Gasteiger partial charge >= 0.3 is 0 Å². The van der Waals surface area contributed by atoms with Gasteiger partial charge in [0.15, 0.2) is 0 Å². The number of carbonyl (C=O) groups excluding carboxylic acids is 2. The van der Waals surface area contributed by atoms with Crippen molar-refractivity contribution in [3.05, 3.63) is 70.2 Å². The van der Waals surface area contributed by atoms with Gasteiger partial charge in [0.1, 0.15) is 5.01 Å². The van der Waals surface area contributed by atoms with Crippen LogP contribution >= 0.6 is 11.3 Å². The van der Waals surface area contributed by atoms with Crippen LogP contribution < -0.4 is 10.2 Å². The van der Waals surface area contributed by atoms with E-state index in [4.69, 9.17) is 0 Å². The van der Waals surface area contributed by atoms with E-state index < -0.39 is 0 Å². The number of aryl methyl sites for hydroxylation is 2. The van der Waals surface area contributed by atoms with Gasteiger partial charge in [0.2, 0.25) is 11.0 Å². The third-order valence-electron chi connectivity index (χ3n) is 5.11. The third kappa shape index (κ3) is 4.05. The Hall–Kier alpha value is -3.06. The molecule has 7 heteroatoms. The summed E-state index contributed by atoms with van der Waals surface area (Å²) in [5.74, 6) is -0.139. The molecule has 0 radical (unpaired) electrons. The fourth-order valence-electron chi connectivity index (χ4n) is 3.50. The molecule has 0 bridgehead atoms. The molecule has 1 fully saturated rings. The van der Waals surface area contributed by atoms with Gasteiger partial charge < -0.3 is 4.90 Å². The van der Waals surface area contributed by atoms with Crippen LogP contribution in [0.1, 0.15) is 45.8 Å². The van der Waals surface area contributed by atoms with E-state index in [0.717, 1.165) is 28.2 Å². The molecule has 2 amide bonds. The topological polar surface area (TPSA) is 75.2 Å². The summed E-state index contributed by atoms with van der Waals surface area (Å²) in [6.45, 7) is 4.64. The molecule has 3 aromatic rings. The van der Waals surface area contributed by atoms with Gasteiger partial charge in [0.25, 0.3) is 5.91 Å². The van der Waals surface area contributed by atoms with Crippen LogP contribution in [0.5, 0.6) is 0 Å². The Balaban J connectivity index is 1.46. The second kappa shape index (κ2) is 8.13. The predicted molar refractivity (Wildman–Crippen MR) is 115 cm³/mol. The fraction of sp³-hybridized carbons (Fsp3) is 0.273. The largest absolute Gasteiger partial charge is 0.311 e. The van der Waals surface area contributed by atoms with Crippen LogP contribution in [0.25, 0.3) is 0 Å². The maximum atomic E-state index is 12.6. The number of hydrogen-bond acceptors (Lipinski definition) is 5. The van der Waals surface area contributed by atoms with Crippen molar-refractivity contribution >= 4 is 34.0 Å². The smallest absolute Gasteiger partial charge is 0.257 e. The number of para-hydroxylation sites is 1. The quantitative estimate of drug-likeness (QED) is 0.690. The summed E-state index contributed by atoms with van der Waals surface area (Å²) >= 11 is 1.33. The monoisotopic (exact) mass is 406 g/mol. The van der Waals surface area contributed by atoms with E-state index in [-0.39, 0.29) is 17.7 Å². The normalized spacial score (nSPS) is 16.3. The minimum Gasteiger partial charge on any atom is -0.311 e. The molecule has 1 aliphatic heterocycles. The summed E-state index contributed by atoms with van der Waals surface area (Å²) in [5.41, 5.74) is 3.80. The van der Waals surface area contributed by atoms with Crippen LogP contribution in [0.15, 0.2) is 48.5 Å². The zero-order valence-electron chi connectivity index (χ0n) is 16.4. The van der Waals surface area contributed by atoms with Crippen molar-refractivity contribution in [1.29, 1.82) is 0 Å². The van der Waals surface area contributed by atoms with Gasteiger partial charge in [-0.2, -0.15) is 0 Å². The SMILES string of the molecule is CCc1ccccc1N1CC(c2nnc(NC(=O)c3ccc(C)cc3)s2)CC1=O. The molecule has 2 aromatic carbocycles. The van der Waals surface area contributed by atoms with Gasteiger partial charge in [-0.1, -0.05) is 54.2 Å². The number of hydrogen-bond donors (Lipinski definition) is 1. The van der Waals surface area contributed by atoms with Crippen LogP contribution in [0.2, 0.25) is 0 Å². The number of anilines is 2. The molecule has 1 unspecified atom stereocenters. The Kier molecular flexibility index (Phi) is 5.40. The molecule has 0 spiro atoms. The fourth-order valence-corrected chi connectivity index (χ4v) is 4.33. The minimum atomic E-state index is -0.214. The highest BCUT2D eigenvalue weighted by atomic mass is 32.1. The maximum Gasteiger partial charge on any atom is 0.257 e. The minimum absolute atomic E-state index is 0.0186. The first-order chi connectivity index (χ1) is 14.0. The molecule has 1 atom stereocenters. The summed E-state index contributed by atoms with van der Waals surface area (Å²) in [7, 11) is 0. The Bertz CT molecular complexity index is 1040. The van der Waals surface area contributed by atoms with Gasteiger partial charge in [0, 0.05) is 30.1 Å². The number of nitrogens with one attached hydrogen (secondary N) is 1. The molecule has 1 N–H and O–H groups in total. The van der Waals surface area contributed by atoms with Gasteiger partial charge in [-0.15, -0.1) is 10.2 Å². The molecule has 1 aromatic heterocycles. The lowest BCUT2D eigenvalue weighted by molar-refractivity contribution is -0.117. The number of nitrogens with zero attached hydrogens (tertiary/aromatic N) is 3. The number of rotatable bonds is 5. The van der Waals surface area contributed by atoms with E-state index in [0.29, 0.717) is 23.7 Å². The second-order valence-corrected chi connectivity index (χ2v) is 8.16. The molecule has 2 heterocycles. The van der Waals surface area contributed by atoms with Crippen LogP contribution in [0.4, 0.5) is 10.8 Å². The Labute approximate surface area is 173 Å². The van der Waals surface area contributed by atoms with Crippen molar-refractivity contribution in [2.75, 3.05) is 16.8 Å². The average Bonchev–Trinajstić information content (AvgIpc) is 3.35.